The van der Waals surface area contributed by atoms with E-state index in [0.29, 0.717) is 11.1 Å². The number of phenols is 1. The number of aromatic hydroxyl groups is 1. The molecule has 1 unspecified atom stereocenters. The lowest BCUT2D eigenvalue weighted by Gasteiger charge is -2.63. The Balaban J connectivity index is 1.87. The number of carbonyl (C=O) groups is 3. The van der Waals surface area contributed by atoms with Gasteiger partial charge in [-0.15, -0.1) is 0 Å². The van der Waals surface area contributed by atoms with E-state index in [0.717, 1.165) is 31.8 Å². The lowest BCUT2D eigenvalue weighted by atomic mass is 9.40. The fourth-order valence-corrected chi connectivity index (χ4v) is 8.10. The number of carbonyl (C=O) groups excluding carboxylic acids is 3. The predicted molar refractivity (Wildman–Crippen MR) is 144 cm³/mol. The lowest BCUT2D eigenvalue weighted by molar-refractivity contribution is -0.215. The number of aliphatic hydroxyl groups excluding tert-OH is 3. The molecular weight excluding hydrogens is 500 g/mol. The summed E-state index contributed by atoms with van der Waals surface area (Å²) in [5.41, 5.74) is -5.37. The number of fused-ring (bicyclic) bond motifs is 3. The van der Waals surface area contributed by atoms with Gasteiger partial charge >= 0.3 is 0 Å². The highest BCUT2D eigenvalue weighted by molar-refractivity contribution is 6.24. The highest BCUT2D eigenvalue weighted by atomic mass is 16.4. The van der Waals surface area contributed by atoms with Gasteiger partial charge in [-0.2, -0.15) is 0 Å². The van der Waals surface area contributed by atoms with Gasteiger partial charge in [-0.05, 0) is 49.2 Å². The molecule has 8 heteroatoms. The van der Waals surface area contributed by atoms with Crippen molar-refractivity contribution in [2.75, 3.05) is 0 Å². The number of aliphatic hydroxyl groups is 4. The van der Waals surface area contributed by atoms with Crippen LogP contribution >= 0.6 is 0 Å². The number of Topliss-reactive ketones (excluding diaryl/α,β-unsaturated/α-hetero) is 3. The van der Waals surface area contributed by atoms with Crippen LogP contribution < -0.4 is 0 Å². The van der Waals surface area contributed by atoms with E-state index in [1.807, 2.05) is 6.08 Å². The van der Waals surface area contributed by atoms with Crippen molar-refractivity contribution in [3.8, 4) is 5.75 Å². The molecule has 1 fully saturated rings. The molecule has 0 amide bonds. The molecule has 0 bridgehead atoms. The highest BCUT2D eigenvalue weighted by Crippen LogP contribution is 2.67. The molecule has 4 aliphatic carbocycles. The van der Waals surface area contributed by atoms with E-state index < -0.39 is 74.7 Å². The van der Waals surface area contributed by atoms with Gasteiger partial charge in [-0.3, -0.25) is 14.4 Å². The van der Waals surface area contributed by atoms with Gasteiger partial charge in [-0.25, -0.2) is 0 Å². The zero-order chi connectivity index (χ0) is 29.0. The van der Waals surface area contributed by atoms with E-state index >= 15 is 0 Å². The van der Waals surface area contributed by atoms with Crippen molar-refractivity contribution in [1.82, 2.24) is 0 Å². The third-order valence-corrected chi connectivity index (χ3v) is 10.2. The number of phenolic OH excluding ortho intramolecular Hbond substituents is 1. The summed E-state index contributed by atoms with van der Waals surface area (Å²) in [5.74, 6) is -6.96. The van der Waals surface area contributed by atoms with E-state index in [9.17, 15) is 39.9 Å². The third kappa shape index (κ3) is 2.99. The van der Waals surface area contributed by atoms with Gasteiger partial charge in [-0.1, -0.05) is 52.8 Å². The van der Waals surface area contributed by atoms with Crippen molar-refractivity contribution in [1.29, 1.82) is 0 Å². The van der Waals surface area contributed by atoms with Gasteiger partial charge < -0.3 is 25.5 Å². The molecule has 0 radical (unpaired) electrons. The van der Waals surface area contributed by atoms with Gasteiger partial charge in [0.25, 0.3) is 0 Å². The average molecular weight is 537 g/mol. The van der Waals surface area contributed by atoms with Crippen molar-refractivity contribution in [2.24, 2.45) is 22.7 Å². The summed E-state index contributed by atoms with van der Waals surface area (Å²) in [5, 5.41) is 58.7. The first-order valence-corrected chi connectivity index (χ1v) is 13.5. The predicted octanol–water partition coefficient (Wildman–Crippen LogP) is 4.29. The van der Waals surface area contributed by atoms with Crippen molar-refractivity contribution in [3.63, 3.8) is 0 Å². The van der Waals surface area contributed by atoms with Gasteiger partial charge in [0.2, 0.25) is 5.78 Å². The summed E-state index contributed by atoms with van der Waals surface area (Å²) in [6.07, 6.45) is 2.94. The number of allylic oxidation sites excluding steroid dienone is 3. The Kier molecular flexibility index (Phi) is 5.88. The second-order valence-corrected chi connectivity index (χ2v) is 12.4. The SMILES string of the molecule is CC(=O)C1=C(O)[C@]2(O)C(=O)C3=C(O)c4c(ccc(C5=CCCC5)c4O)[C@@H](C)[C@]3(C)[C@@H](O)[C@]2(C)C(C(C)C)C1=O. The van der Waals surface area contributed by atoms with Crippen LogP contribution in [0.3, 0.4) is 0 Å². The molecule has 0 heterocycles. The van der Waals surface area contributed by atoms with Crippen LogP contribution in [0.25, 0.3) is 11.3 Å². The van der Waals surface area contributed by atoms with Gasteiger partial charge in [0.15, 0.2) is 17.2 Å². The van der Waals surface area contributed by atoms with E-state index in [1.54, 1.807) is 39.8 Å². The smallest absolute Gasteiger partial charge is 0.203 e. The van der Waals surface area contributed by atoms with Gasteiger partial charge in [0, 0.05) is 22.3 Å². The third-order valence-electron chi connectivity index (χ3n) is 10.2. The molecule has 5 rings (SSSR count). The minimum absolute atomic E-state index is 0.0376. The second kappa shape index (κ2) is 8.38. The topological polar surface area (TPSA) is 152 Å². The zero-order valence-corrected chi connectivity index (χ0v) is 23.1. The number of ketones is 3. The Hall–Kier alpha value is -3.23. The van der Waals surface area contributed by atoms with Gasteiger partial charge in [0.05, 0.1) is 17.2 Å². The van der Waals surface area contributed by atoms with Crippen molar-refractivity contribution >= 4 is 28.7 Å². The molecule has 4 aliphatic rings. The van der Waals surface area contributed by atoms with Gasteiger partial charge in [0.1, 0.15) is 22.8 Å². The first-order chi connectivity index (χ1) is 18.1. The van der Waals surface area contributed by atoms with E-state index in [-0.39, 0.29) is 16.9 Å². The summed E-state index contributed by atoms with van der Waals surface area (Å²) in [6, 6.07) is 3.54. The highest BCUT2D eigenvalue weighted by Gasteiger charge is 2.77. The summed E-state index contributed by atoms with van der Waals surface area (Å²) >= 11 is 0. The van der Waals surface area contributed by atoms with Crippen LogP contribution in [0.2, 0.25) is 0 Å². The maximum Gasteiger partial charge on any atom is 0.203 e. The molecule has 1 aromatic rings. The Bertz CT molecular complexity index is 1440. The van der Waals surface area contributed by atoms with E-state index in [4.69, 9.17) is 0 Å². The number of hydrogen-bond acceptors (Lipinski definition) is 8. The average Bonchev–Trinajstić information content (AvgIpc) is 3.38. The lowest BCUT2D eigenvalue weighted by Crippen LogP contribution is -2.75. The van der Waals surface area contributed by atoms with Crippen LogP contribution in [0.4, 0.5) is 0 Å². The number of benzene rings is 1. The van der Waals surface area contributed by atoms with Crippen LogP contribution in [0.15, 0.2) is 35.1 Å². The molecule has 6 atom stereocenters. The molecule has 1 aromatic carbocycles. The standard InChI is InChI=1S/C31H36O8/c1-13(2)21-24(34)19(15(4)32)26(36)31(39)27(37)22-25(35)20-17(14(3)29(22,5)28(38)30(21,31)6)11-12-18(23(20)33)16-9-7-8-10-16/h9,11-14,21,28,33,35-36,38-39H,7-8,10H2,1-6H3/t14-,21?,28-,29+,30+,31+/m1/s1. The molecule has 0 spiro atoms. The van der Waals surface area contributed by atoms with E-state index in [2.05, 4.69) is 0 Å². The normalized spacial score (nSPS) is 36.1. The molecule has 5 N–H and O–H groups in total. The molecule has 0 saturated heterocycles. The molecule has 0 aromatic heterocycles. The minimum Gasteiger partial charge on any atom is -0.508 e. The molecule has 39 heavy (non-hydrogen) atoms. The molecule has 8 nitrogen and oxygen atoms in total. The number of rotatable bonds is 3. The monoisotopic (exact) mass is 536 g/mol. The van der Waals surface area contributed by atoms with Crippen molar-refractivity contribution in [2.45, 2.75) is 78.4 Å². The molecular formula is C31H36O8. The fraction of sp³-hybridized carbons (Fsp3) is 0.516. The van der Waals surface area contributed by atoms with Crippen LogP contribution in [0.1, 0.15) is 83.4 Å². The van der Waals surface area contributed by atoms with Crippen molar-refractivity contribution in [3.05, 3.63) is 51.8 Å². The van der Waals surface area contributed by atoms with Crippen molar-refractivity contribution < 1.29 is 39.9 Å². The molecule has 208 valence electrons. The van der Waals surface area contributed by atoms with E-state index in [1.165, 1.54) is 6.92 Å². The largest absolute Gasteiger partial charge is 0.508 e. The Morgan fingerprint density at radius 1 is 1.10 bits per heavy atom. The minimum atomic E-state index is -2.88. The Morgan fingerprint density at radius 2 is 1.74 bits per heavy atom. The van der Waals surface area contributed by atoms with Crippen LogP contribution in [-0.4, -0.2) is 54.6 Å². The fourth-order valence-electron chi connectivity index (χ4n) is 8.10. The van der Waals surface area contributed by atoms with Crippen LogP contribution in [0.5, 0.6) is 5.75 Å². The first-order valence-electron chi connectivity index (χ1n) is 13.5. The second-order valence-electron chi connectivity index (χ2n) is 12.4. The summed E-state index contributed by atoms with van der Waals surface area (Å²) in [7, 11) is 0. The maximum atomic E-state index is 14.5. The summed E-state index contributed by atoms with van der Waals surface area (Å²) in [4.78, 5) is 40.6. The maximum absolute atomic E-state index is 14.5. The van der Waals surface area contributed by atoms with Crippen LogP contribution in [-0.2, 0) is 14.4 Å². The number of hydrogen-bond donors (Lipinski definition) is 5. The first kappa shape index (κ1) is 27.3. The Morgan fingerprint density at radius 3 is 2.28 bits per heavy atom. The zero-order valence-electron chi connectivity index (χ0n) is 23.1. The quantitative estimate of drug-likeness (QED) is 0.359. The molecule has 0 aliphatic heterocycles. The molecule has 1 saturated carbocycles. The summed E-state index contributed by atoms with van der Waals surface area (Å²) in [6.45, 7) is 9.18. The summed E-state index contributed by atoms with van der Waals surface area (Å²) < 4.78 is 0. The van der Waals surface area contributed by atoms with Crippen LogP contribution in [0, 0.1) is 22.7 Å². The Labute approximate surface area is 227 Å².